The molecule has 2 atom stereocenters. The lowest BCUT2D eigenvalue weighted by atomic mass is 10.1. The molecule has 5 nitrogen and oxygen atoms in total. The third-order valence-corrected chi connectivity index (χ3v) is 2.92. The van der Waals surface area contributed by atoms with Gasteiger partial charge in [0.05, 0.1) is 5.92 Å². The highest BCUT2D eigenvalue weighted by molar-refractivity contribution is 5.16. The van der Waals surface area contributed by atoms with Gasteiger partial charge >= 0.3 is 0 Å². The second-order valence-electron chi connectivity index (χ2n) is 4.56. The van der Waals surface area contributed by atoms with Crippen LogP contribution in [0.5, 0.6) is 0 Å². The van der Waals surface area contributed by atoms with E-state index in [0.29, 0.717) is 11.7 Å². The molecule has 0 aromatic carbocycles. The van der Waals surface area contributed by atoms with Crippen molar-refractivity contribution in [1.82, 2.24) is 10.1 Å². The van der Waals surface area contributed by atoms with E-state index in [0.717, 1.165) is 6.42 Å². The molecule has 1 heterocycles. The molecule has 0 bridgehead atoms. The Morgan fingerprint density at radius 1 is 1.50 bits per heavy atom. The molecule has 0 fully saturated rings. The minimum absolute atomic E-state index is 0.0933. The lowest BCUT2D eigenvalue weighted by Gasteiger charge is -2.17. The van der Waals surface area contributed by atoms with Gasteiger partial charge in [0.25, 0.3) is 0 Å². The first-order chi connectivity index (χ1) is 7.53. The van der Waals surface area contributed by atoms with Crippen molar-refractivity contribution in [2.75, 3.05) is 7.11 Å². The molecule has 1 aliphatic carbocycles. The Morgan fingerprint density at radius 3 is 2.81 bits per heavy atom. The van der Waals surface area contributed by atoms with Crippen LogP contribution in [-0.2, 0) is 10.3 Å². The summed E-state index contributed by atoms with van der Waals surface area (Å²) in [6.07, 6.45) is 4.81. The van der Waals surface area contributed by atoms with Gasteiger partial charge in [0.1, 0.15) is 5.60 Å². The lowest BCUT2D eigenvalue weighted by molar-refractivity contribution is 0.00973. The average molecular weight is 223 g/mol. The molecule has 88 valence electrons. The van der Waals surface area contributed by atoms with Crippen LogP contribution in [0, 0.1) is 0 Å². The molecular formula is C11H17N3O2. The number of allylic oxidation sites excluding steroid dienone is 1. The summed E-state index contributed by atoms with van der Waals surface area (Å²) >= 11 is 0. The highest BCUT2D eigenvalue weighted by Crippen LogP contribution is 2.28. The largest absolute Gasteiger partial charge is 0.371 e. The number of rotatable bonds is 3. The molecule has 16 heavy (non-hydrogen) atoms. The van der Waals surface area contributed by atoms with Gasteiger partial charge in [0, 0.05) is 13.2 Å². The zero-order chi connectivity index (χ0) is 11.8. The number of hydrogen-bond acceptors (Lipinski definition) is 5. The van der Waals surface area contributed by atoms with Crippen LogP contribution in [0.1, 0.15) is 37.9 Å². The maximum absolute atomic E-state index is 5.78. The van der Waals surface area contributed by atoms with E-state index in [9.17, 15) is 0 Å². The lowest BCUT2D eigenvalue weighted by Crippen LogP contribution is -2.21. The van der Waals surface area contributed by atoms with Crippen molar-refractivity contribution in [3.8, 4) is 0 Å². The van der Waals surface area contributed by atoms with Crippen LogP contribution < -0.4 is 5.73 Å². The zero-order valence-corrected chi connectivity index (χ0v) is 9.80. The van der Waals surface area contributed by atoms with Crippen LogP contribution in [0.25, 0.3) is 0 Å². The van der Waals surface area contributed by atoms with Crippen LogP contribution in [0.15, 0.2) is 16.7 Å². The molecule has 0 spiro atoms. The van der Waals surface area contributed by atoms with Crippen LogP contribution in [0.3, 0.4) is 0 Å². The first-order valence-electron chi connectivity index (χ1n) is 5.36. The Kier molecular flexibility index (Phi) is 2.82. The summed E-state index contributed by atoms with van der Waals surface area (Å²) in [6.45, 7) is 3.80. The highest BCUT2D eigenvalue weighted by Gasteiger charge is 2.29. The van der Waals surface area contributed by atoms with Gasteiger partial charge in [-0.25, -0.2) is 0 Å². The predicted octanol–water partition coefficient (Wildman–Crippen LogP) is 1.32. The number of aromatic nitrogens is 2. The van der Waals surface area contributed by atoms with E-state index in [2.05, 4.69) is 10.1 Å². The van der Waals surface area contributed by atoms with Crippen molar-refractivity contribution in [2.24, 2.45) is 5.73 Å². The van der Waals surface area contributed by atoms with E-state index >= 15 is 0 Å². The van der Waals surface area contributed by atoms with Crippen molar-refractivity contribution >= 4 is 0 Å². The Hall–Kier alpha value is -1.20. The summed E-state index contributed by atoms with van der Waals surface area (Å²) in [5, 5.41) is 3.94. The minimum Gasteiger partial charge on any atom is -0.371 e. The quantitative estimate of drug-likeness (QED) is 0.782. The smallest absolute Gasteiger partial charge is 0.233 e. The van der Waals surface area contributed by atoms with Gasteiger partial charge < -0.3 is 15.0 Å². The van der Waals surface area contributed by atoms with E-state index in [1.165, 1.54) is 0 Å². The maximum atomic E-state index is 5.78. The normalized spacial score (nSPS) is 25.2. The monoisotopic (exact) mass is 223 g/mol. The predicted molar refractivity (Wildman–Crippen MR) is 58.8 cm³/mol. The van der Waals surface area contributed by atoms with E-state index in [4.69, 9.17) is 15.0 Å². The van der Waals surface area contributed by atoms with Crippen LogP contribution in [-0.4, -0.2) is 23.3 Å². The number of nitrogens with two attached hydrogens (primary N) is 1. The third kappa shape index (κ3) is 2.01. The third-order valence-electron chi connectivity index (χ3n) is 2.92. The fourth-order valence-corrected chi connectivity index (χ4v) is 1.63. The number of nitrogens with zero attached hydrogens (tertiary/aromatic N) is 2. The Labute approximate surface area is 94.7 Å². The Morgan fingerprint density at radius 2 is 2.25 bits per heavy atom. The van der Waals surface area contributed by atoms with Crippen LogP contribution in [0.2, 0.25) is 0 Å². The Bertz CT molecular complexity index is 398. The highest BCUT2D eigenvalue weighted by atomic mass is 16.5. The van der Waals surface area contributed by atoms with Crippen molar-refractivity contribution < 1.29 is 9.26 Å². The van der Waals surface area contributed by atoms with Crippen molar-refractivity contribution in [1.29, 1.82) is 0 Å². The minimum atomic E-state index is -0.522. The van der Waals surface area contributed by atoms with Gasteiger partial charge in [-0.3, -0.25) is 0 Å². The molecule has 0 saturated carbocycles. The zero-order valence-electron chi connectivity index (χ0n) is 9.80. The SMILES string of the molecule is COC(C)(C)c1noc(C2C=CC(N)C2)n1. The first-order valence-corrected chi connectivity index (χ1v) is 5.36. The van der Waals surface area contributed by atoms with Crippen molar-refractivity contribution in [3.05, 3.63) is 23.9 Å². The molecule has 1 aromatic rings. The number of methoxy groups -OCH3 is 1. The summed E-state index contributed by atoms with van der Waals surface area (Å²) in [5.74, 6) is 1.33. The van der Waals surface area contributed by atoms with E-state index < -0.39 is 5.60 Å². The molecule has 0 amide bonds. The van der Waals surface area contributed by atoms with E-state index in [-0.39, 0.29) is 12.0 Å². The number of ether oxygens (including phenoxy) is 1. The van der Waals surface area contributed by atoms with E-state index in [1.807, 2.05) is 26.0 Å². The molecule has 0 radical (unpaired) electrons. The molecule has 2 unspecified atom stereocenters. The maximum Gasteiger partial charge on any atom is 0.233 e. The molecule has 5 heteroatoms. The fourth-order valence-electron chi connectivity index (χ4n) is 1.63. The molecule has 2 N–H and O–H groups in total. The van der Waals surface area contributed by atoms with Crippen LogP contribution >= 0.6 is 0 Å². The summed E-state index contributed by atoms with van der Waals surface area (Å²) < 4.78 is 10.5. The van der Waals surface area contributed by atoms with Crippen molar-refractivity contribution in [3.63, 3.8) is 0 Å². The average Bonchev–Trinajstić information content (AvgIpc) is 2.85. The molecule has 0 saturated heterocycles. The van der Waals surface area contributed by atoms with Gasteiger partial charge in [-0.05, 0) is 20.3 Å². The molecule has 1 aliphatic rings. The molecular weight excluding hydrogens is 206 g/mol. The fraction of sp³-hybridized carbons (Fsp3) is 0.636. The summed E-state index contributed by atoms with van der Waals surface area (Å²) in [5.41, 5.74) is 5.26. The Balaban J connectivity index is 2.17. The first kappa shape index (κ1) is 11.3. The van der Waals surface area contributed by atoms with Gasteiger partial charge in [-0.2, -0.15) is 4.98 Å². The van der Waals surface area contributed by atoms with Crippen LogP contribution in [0.4, 0.5) is 0 Å². The second kappa shape index (κ2) is 3.99. The second-order valence-corrected chi connectivity index (χ2v) is 4.56. The summed E-state index contributed by atoms with van der Waals surface area (Å²) in [7, 11) is 1.63. The topological polar surface area (TPSA) is 74.2 Å². The van der Waals surface area contributed by atoms with Crippen molar-refractivity contribution in [2.45, 2.75) is 37.8 Å². The van der Waals surface area contributed by atoms with Gasteiger partial charge in [-0.1, -0.05) is 17.3 Å². The number of hydrogen-bond donors (Lipinski definition) is 1. The van der Waals surface area contributed by atoms with E-state index in [1.54, 1.807) is 7.11 Å². The molecule has 2 rings (SSSR count). The van der Waals surface area contributed by atoms with Gasteiger partial charge in [-0.15, -0.1) is 0 Å². The molecule has 0 aliphatic heterocycles. The summed E-state index contributed by atoms with van der Waals surface area (Å²) in [4.78, 5) is 4.36. The molecule has 1 aromatic heterocycles. The van der Waals surface area contributed by atoms with Gasteiger partial charge in [0.15, 0.2) is 0 Å². The summed E-state index contributed by atoms with van der Waals surface area (Å²) in [6, 6.07) is 0.0933. The standard InChI is InChI=1S/C11H17N3O2/c1-11(2,15-3)10-13-9(16-14-10)7-4-5-8(12)6-7/h4-5,7-8H,6,12H2,1-3H3. The van der Waals surface area contributed by atoms with Gasteiger partial charge in [0.2, 0.25) is 11.7 Å².